The standard InChI is InChI=1S/C15H24N2O2/c18-14-11-12-15(19)17(14)16-13-9-7-5-3-1-2-4-6-8-10-13/h11-13,16H,1-10H2. The number of hydrogen-bond donors (Lipinski definition) is 1. The summed E-state index contributed by atoms with van der Waals surface area (Å²) in [5.74, 6) is -0.473. The zero-order valence-electron chi connectivity index (χ0n) is 11.6. The maximum absolute atomic E-state index is 11.5. The highest BCUT2D eigenvalue weighted by Gasteiger charge is 2.25. The van der Waals surface area contributed by atoms with Crippen LogP contribution in [0.1, 0.15) is 64.2 Å². The molecule has 1 aliphatic carbocycles. The molecule has 1 heterocycles. The van der Waals surface area contributed by atoms with Crippen LogP contribution < -0.4 is 5.43 Å². The highest BCUT2D eigenvalue weighted by Crippen LogP contribution is 2.17. The van der Waals surface area contributed by atoms with E-state index >= 15 is 0 Å². The van der Waals surface area contributed by atoms with Crippen LogP contribution in [0.15, 0.2) is 12.2 Å². The third-order valence-electron chi connectivity index (χ3n) is 3.98. The van der Waals surface area contributed by atoms with Gasteiger partial charge in [-0.05, 0) is 12.8 Å². The summed E-state index contributed by atoms with van der Waals surface area (Å²) < 4.78 is 0. The van der Waals surface area contributed by atoms with Crippen molar-refractivity contribution in [1.82, 2.24) is 10.4 Å². The average molecular weight is 264 g/mol. The van der Waals surface area contributed by atoms with Crippen LogP contribution in [0.3, 0.4) is 0 Å². The van der Waals surface area contributed by atoms with Crippen molar-refractivity contribution in [3.63, 3.8) is 0 Å². The minimum absolute atomic E-state index is 0.237. The molecule has 1 N–H and O–H groups in total. The molecule has 4 heteroatoms. The molecule has 0 spiro atoms. The number of hydrazine groups is 1. The van der Waals surface area contributed by atoms with Crippen molar-refractivity contribution in [3.05, 3.63) is 12.2 Å². The number of rotatable bonds is 2. The normalized spacial score (nSPS) is 23.7. The van der Waals surface area contributed by atoms with Crippen LogP contribution in [-0.2, 0) is 9.59 Å². The Kier molecular flexibility index (Phi) is 5.58. The van der Waals surface area contributed by atoms with Gasteiger partial charge in [0.05, 0.1) is 0 Å². The molecule has 2 rings (SSSR count). The lowest BCUT2D eigenvalue weighted by atomic mass is 10.0. The smallest absolute Gasteiger partial charge is 0.268 e. The average Bonchev–Trinajstić information content (AvgIpc) is 2.69. The van der Waals surface area contributed by atoms with Crippen molar-refractivity contribution in [1.29, 1.82) is 0 Å². The van der Waals surface area contributed by atoms with Crippen LogP contribution in [0.4, 0.5) is 0 Å². The van der Waals surface area contributed by atoms with Gasteiger partial charge < -0.3 is 0 Å². The number of carbonyl (C=O) groups excluding carboxylic acids is 2. The van der Waals surface area contributed by atoms with Gasteiger partial charge in [-0.2, -0.15) is 0 Å². The molecule has 1 saturated carbocycles. The fourth-order valence-electron chi connectivity index (χ4n) is 2.83. The molecule has 19 heavy (non-hydrogen) atoms. The highest BCUT2D eigenvalue weighted by atomic mass is 16.2. The Balaban J connectivity index is 1.84. The summed E-state index contributed by atoms with van der Waals surface area (Å²) in [5, 5.41) is 1.17. The van der Waals surface area contributed by atoms with Crippen molar-refractivity contribution >= 4 is 11.8 Å². The first-order valence-electron chi connectivity index (χ1n) is 7.59. The first kappa shape index (κ1) is 14.3. The van der Waals surface area contributed by atoms with Gasteiger partial charge in [0.15, 0.2) is 0 Å². The molecule has 1 aliphatic heterocycles. The molecule has 4 nitrogen and oxygen atoms in total. The zero-order chi connectivity index (χ0) is 13.5. The number of hydrogen-bond acceptors (Lipinski definition) is 3. The van der Waals surface area contributed by atoms with Crippen molar-refractivity contribution in [2.75, 3.05) is 0 Å². The molecule has 0 aromatic heterocycles. The largest absolute Gasteiger partial charge is 0.268 e. The van der Waals surface area contributed by atoms with E-state index in [2.05, 4.69) is 5.43 Å². The van der Waals surface area contributed by atoms with Crippen LogP contribution in [-0.4, -0.2) is 22.9 Å². The minimum Gasteiger partial charge on any atom is -0.268 e. The fourth-order valence-corrected chi connectivity index (χ4v) is 2.83. The first-order chi connectivity index (χ1) is 9.27. The molecule has 1 fully saturated rings. The van der Waals surface area contributed by atoms with Crippen molar-refractivity contribution in [3.8, 4) is 0 Å². The van der Waals surface area contributed by atoms with Crippen LogP contribution in [0.25, 0.3) is 0 Å². The van der Waals surface area contributed by atoms with Crippen molar-refractivity contribution in [2.45, 2.75) is 70.3 Å². The summed E-state index contributed by atoms with van der Waals surface area (Å²) in [5.41, 5.74) is 3.13. The number of carbonyl (C=O) groups is 2. The second-order valence-electron chi connectivity index (χ2n) is 5.58. The van der Waals surface area contributed by atoms with Crippen LogP contribution in [0.2, 0.25) is 0 Å². The van der Waals surface area contributed by atoms with Crippen molar-refractivity contribution in [2.24, 2.45) is 0 Å². The molecule has 0 radical (unpaired) electrons. The lowest BCUT2D eigenvalue weighted by Crippen LogP contribution is -2.48. The number of nitrogens with zero attached hydrogens (tertiary/aromatic N) is 1. The maximum atomic E-state index is 11.5. The molecule has 0 aromatic carbocycles. The van der Waals surface area contributed by atoms with Gasteiger partial charge in [0.1, 0.15) is 0 Å². The molecule has 0 saturated heterocycles. The van der Waals surface area contributed by atoms with E-state index in [-0.39, 0.29) is 17.9 Å². The molecular weight excluding hydrogens is 240 g/mol. The molecule has 2 amide bonds. The third kappa shape index (κ3) is 4.46. The molecule has 0 bridgehead atoms. The van der Waals surface area contributed by atoms with E-state index in [1.165, 1.54) is 68.5 Å². The summed E-state index contributed by atoms with van der Waals surface area (Å²) in [6, 6.07) is 0.255. The Morgan fingerprint density at radius 3 is 1.68 bits per heavy atom. The maximum Gasteiger partial charge on any atom is 0.268 e. The lowest BCUT2D eigenvalue weighted by Gasteiger charge is -2.24. The fraction of sp³-hybridized carbons (Fsp3) is 0.733. The van der Waals surface area contributed by atoms with Crippen LogP contribution in [0.5, 0.6) is 0 Å². The van der Waals surface area contributed by atoms with E-state index in [4.69, 9.17) is 0 Å². The quantitative estimate of drug-likeness (QED) is 0.780. The van der Waals surface area contributed by atoms with Gasteiger partial charge in [0.2, 0.25) is 0 Å². The van der Waals surface area contributed by atoms with E-state index in [1.807, 2.05) is 0 Å². The monoisotopic (exact) mass is 264 g/mol. The molecule has 0 aromatic rings. The number of amides is 2. The summed E-state index contributed by atoms with van der Waals surface area (Å²) in [6.07, 6.45) is 15.0. The highest BCUT2D eigenvalue weighted by molar-refractivity contribution is 6.12. The van der Waals surface area contributed by atoms with Crippen molar-refractivity contribution < 1.29 is 9.59 Å². The Morgan fingerprint density at radius 1 is 0.789 bits per heavy atom. The molecule has 0 unspecified atom stereocenters. The topological polar surface area (TPSA) is 49.4 Å². The third-order valence-corrected chi connectivity index (χ3v) is 3.98. The van der Waals surface area contributed by atoms with E-state index in [1.54, 1.807) is 0 Å². The molecule has 0 atom stereocenters. The Labute approximate surface area is 115 Å². The second-order valence-corrected chi connectivity index (χ2v) is 5.58. The van der Waals surface area contributed by atoms with Gasteiger partial charge in [-0.1, -0.05) is 51.4 Å². The SMILES string of the molecule is O=C1C=CC(=O)N1NC1CCCCCCCCCC1. The molecule has 106 valence electrons. The predicted molar refractivity (Wildman–Crippen MR) is 74.1 cm³/mol. The van der Waals surface area contributed by atoms with E-state index < -0.39 is 0 Å². The summed E-state index contributed by atoms with van der Waals surface area (Å²) in [6.45, 7) is 0. The first-order valence-corrected chi connectivity index (χ1v) is 7.59. The van der Waals surface area contributed by atoms with Gasteiger partial charge in [-0.3, -0.25) is 9.59 Å². The number of nitrogens with one attached hydrogen (secondary N) is 1. The summed E-state index contributed by atoms with van der Waals surface area (Å²) in [7, 11) is 0. The van der Waals surface area contributed by atoms with Crippen LogP contribution in [0, 0.1) is 0 Å². The van der Waals surface area contributed by atoms with Gasteiger partial charge in [0.25, 0.3) is 11.8 Å². The zero-order valence-corrected chi connectivity index (χ0v) is 11.6. The predicted octanol–water partition coefficient (Wildman–Crippen LogP) is 2.70. The Hall–Kier alpha value is -1.16. The van der Waals surface area contributed by atoms with E-state index in [9.17, 15) is 9.59 Å². The van der Waals surface area contributed by atoms with Gasteiger partial charge in [-0.15, -0.1) is 0 Å². The van der Waals surface area contributed by atoms with E-state index in [0.717, 1.165) is 12.8 Å². The van der Waals surface area contributed by atoms with Gasteiger partial charge in [-0.25, -0.2) is 10.4 Å². The Bertz CT molecular complexity index is 322. The van der Waals surface area contributed by atoms with E-state index in [0.29, 0.717) is 0 Å². The Morgan fingerprint density at radius 2 is 1.21 bits per heavy atom. The van der Waals surface area contributed by atoms with Crippen LogP contribution >= 0.6 is 0 Å². The molecule has 2 aliphatic rings. The molecular formula is C15H24N2O2. The second kappa shape index (κ2) is 7.43. The summed E-state index contributed by atoms with van der Waals surface area (Å²) >= 11 is 0. The lowest BCUT2D eigenvalue weighted by molar-refractivity contribution is -0.141. The van der Waals surface area contributed by atoms with Gasteiger partial charge in [0, 0.05) is 18.2 Å². The summed E-state index contributed by atoms with van der Waals surface area (Å²) in [4.78, 5) is 23.1. The van der Waals surface area contributed by atoms with Gasteiger partial charge >= 0.3 is 0 Å². The minimum atomic E-state index is -0.237. The number of imide groups is 1.